The van der Waals surface area contributed by atoms with Gasteiger partial charge in [0.05, 0.1) is 5.75 Å². The molecule has 1 aromatic rings. The van der Waals surface area contributed by atoms with E-state index in [9.17, 15) is 13.2 Å². The minimum Gasteiger partial charge on any atom is -0.351 e. The Hall–Kier alpha value is -1.44. The van der Waals surface area contributed by atoms with E-state index in [1.54, 1.807) is 0 Å². The summed E-state index contributed by atoms with van der Waals surface area (Å²) in [5, 5.41) is 6.23. The molecule has 0 aromatic heterocycles. The van der Waals surface area contributed by atoms with Crippen LogP contribution in [0.3, 0.4) is 0 Å². The van der Waals surface area contributed by atoms with Gasteiger partial charge in [-0.1, -0.05) is 31.5 Å². The summed E-state index contributed by atoms with van der Waals surface area (Å²) in [5.74, 6) is -0.0540. The number of amides is 1. The highest BCUT2D eigenvalue weighted by Gasteiger charge is 2.37. The Morgan fingerprint density at radius 2 is 2.12 bits per heavy atom. The van der Waals surface area contributed by atoms with Crippen LogP contribution in [0.2, 0.25) is 0 Å². The van der Waals surface area contributed by atoms with Crippen LogP contribution < -0.4 is 10.6 Å². The van der Waals surface area contributed by atoms with E-state index in [0.717, 1.165) is 31.5 Å². The summed E-state index contributed by atoms with van der Waals surface area (Å²) in [6.45, 7) is 4.62. The Balaban J connectivity index is 1.60. The molecule has 0 aliphatic carbocycles. The first-order chi connectivity index (χ1) is 12.0. The highest BCUT2D eigenvalue weighted by Crippen LogP contribution is 2.23. The summed E-state index contributed by atoms with van der Waals surface area (Å²) in [7, 11) is -3.34. The van der Waals surface area contributed by atoms with Crippen molar-refractivity contribution >= 4 is 15.9 Å². The first kappa shape index (κ1) is 18.4. The number of hydrogen-bond acceptors (Lipinski definition) is 4. The molecule has 2 aliphatic rings. The summed E-state index contributed by atoms with van der Waals surface area (Å²) in [4.78, 5) is 12.6. The summed E-state index contributed by atoms with van der Waals surface area (Å²) in [6.07, 6.45) is 2.81. The van der Waals surface area contributed by atoms with E-state index >= 15 is 0 Å². The predicted octanol–water partition coefficient (Wildman–Crippen LogP) is 1.50. The molecule has 1 atom stereocenters. The van der Waals surface area contributed by atoms with Gasteiger partial charge in [-0.2, -0.15) is 4.31 Å². The van der Waals surface area contributed by atoms with Gasteiger partial charge in [0, 0.05) is 26.2 Å². The third kappa shape index (κ3) is 4.22. The largest absolute Gasteiger partial charge is 0.351 e. The third-order valence-corrected chi connectivity index (χ3v) is 6.94. The summed E-state index contributed by atoms with van der Waals surface area (Å²) >= 11 is 0. The first-order valence-electron chi connectivity index (χ1n) is 9.10. The Labute approximate surface area is 150 Å². The molecule has 6 nitrogen and oxygen atoms in total. The number of fused-ring (bicyclic) bond motifs is 1. The molecule has 2 heterocycles. The monoisotopic (exact) mass is 365 g/mol. The SMILES string of the molecule is CCCCS(=O)(=O)N1CCCC1C(=O)NCc1ccc2c(c1)CNC2. The molecule has 0 bridgehead atoms. The van der Waals surface area contributed by atoms with Gasteiger partial charge < -0.3 is 10.6 Å². The number of carbonyl (C=O) groups is 1. The van der Waals surface area contributed by atoms with Gasteiger partial charge in [0.2, 0.25) is 15.9 Å². The molecule has 3 rings (SSSR count). The van der Waals surface area contributed by atoms with E-state index in [1.807, 2.05) is 13.0 Å². The summed E-state index contributed by atoms with van der Waals surface area (Å²) < 4.78 is 26.3. The number of unbranched alkanes of at least 4 members (excludes halogenated alkanes) is 1. The number of nitrogens with one attached hydrogen (secondary N) is 2. The fraction of sp³-hybridized carbons (Fsp3) is 0.611. The van der Waals surface area contributed by atoms with Crippen molar-refractivity contribution in [1.82, 2.24) is 14.9 Å². The molecule has 1 unspecified atom stereocenters. The summed E-state index contributed by atoms with van der Waals surface area (Å²) in [6, 6.07) is 5.67. The van der Waals surface area contributed by atoms with E-state index in [4.69, 9.17) is 0 Å². The lowest BCUT2D eigenvalue weighted by Gasteiger charge is -2.23. The lowest BCUT2D eigenvalue weighted by atomic mass is 10.1. The van der Waals surface area contributed by atoms with Crippen molar-refractivity contribution in [2.45, 2.75) is 58.3 Å². The Morgan fingerprint density at radius 3 is 2.92 bits per heavy atom. The van der Waals surface area contributed by atoms with Gasteiger partial charge >= 0.3 is 0 Å². The van der Waals surface area contributed by atoms with Gasteiger partial charge in [0.15, 0.2) is 0 Å². The van der Waals surface area contributed by atoms with Crippen LogP contribution in [0.5, 0.6) is 0 Å². The predicted molar refractivity (Wildman–Crippen MR) is 97.3 cm³/mol. The Morgan fingerprint density at radius 1 is 1.32 bits per heavy atom. The van der Waals surface area contributed by atoms with Crippen LogP contribution in [-0.2, 0) is 34.5 Å². The van der Waals surface area contributed by atoms with Gasteiger partial charge in [-0.3, -0.25) is 4.79 Å². The average Bonchev–Trinajstić information content (AvgIpc) is 3.26. The van der Waals surface area contributed by atoms with Crippen molar-refractivity contribution in [3.8, 4) is 0 Å². The number of nitrogens with zero attached hydrogens (tertiary/aromatic N) is 1. The second-order valence-electron chi connectivity index (χ2n) is 6.86. The standard InChI is InChI=1S/C18H27N3O3S/c1-2-3-9-25(23,24)21-8-4-5-17(21)18(22)20-11-14-6-7-15-12-19-13-16(15)10-14/h6-7,10,17,19H,2-5,8-9,11-13H2,1H3,(H,20,22). The van der Waals surface area contributed by atoms with E-state index in [2.05, 4.69) is 22.8 Å². The summed E-state index contributed by atoms with van der Waals surface area (Å²) in [5.41, 5.74) is 3.63. The minimum atomic E-state index is -3.34. The highest BCUT2D eigenvalue weighted by molar-refractivity contribution is 7.89. The van der Waals surface area contributed by atoms with Crippen molar-refractivity contribution in [3.63, 3.8) is 0 Å². The molecule has 1 fully saturated rings. The average molecular weight is 365 g/mol. The van der Waals surface area contributed by atoms with Crippen LogP contribution in [0.4, 0.5) is 0 Å². The zero-order valence-corrected chi connectivity index (χ0v) is 15.6. The molecule has 1 aromatic carbocycles. The van der Waals surface area contributed by atoms with Crippen molar-refractivity contribution in [3.05, 3.63) is 34.9 Å². The maximum absolute atomic E-state index is 12.6. The Kier molecular flexibility index (Phi) is 5.76. The van der Waals surface area contributed by atoms with Crippen molar-refractivity contribution < 1.29 is 13.2 Å². The molecule has 0 radical (unpaired) electrons. The second kappa shape index (κ2) is 7.85. The van der Waals surface area contributed by atoms with E-state index in [-0.39, 0.29) is 11.7 Å². The maximum atomic E-state index is 12.6. The highest BCUT2D eigenvalue weighted by atomic mass is 32.2. The third-order valence-electron chi connectivity index (χ3n) is 4.99. The number of hydrogen-bond donors (Lipinski definition) is 2. The number of carbonyl (C=O) groups excluding carboxylic acids is 1. The molecule has 0 spiro atoms. The van der Waals surface area contributed by atoms with Crippen LogP contribution in [-0.4, -0.2) is 37.0 Å². The topological polar surface area (TPSA) is 78.5 Å². The Bertz CT molecular complexity index is 733. The van der Waals surface area contributed by atoms with Gasteiger partial charge in [-0.15, -0.1) is 0 Å². The zero-order chi connectivity index (χ0) is 17.9. The van der Waals surface area contributed by atoms with Gasteiger partial charge in [0.1, 0.15) is 6.04 Å². The van der Waals surface area contributed by atoms with Crippen molar-refractivity contribution in [1.29, 1.82) is 0 Å². The molecular formula is C18H27N3O3S. The smallest absolute Gasteiger partial charge is 0.238 e. The molecule has 1 amide bonds. The van der Waals surface area contributed by atoms with E-state index < -0.39 is 16.1 Å². The number of sulfonamides is 1. The van der Waals surface area contributed by atoms with Crippen molar-refractivity contribution in [2.75, 3.05) is 12.3 Å². The number of rotatable bonds is 7. The van der Waals surface area contributed by atoms with E-state index in [1.165, 1.54) is 15.4 Å². The van der Waals surface area contributed by atoms with Crippen LogP contribution in [0.25, 0.3) is 0 Å². The second-order valence-corrected chi connectivity index (χ2v) is 8.90. The number of benzene rings is 1. The molecule has 2 aliphatic heterocycles. The van der Waals surface area contributed by atoms with Crippen LogP contribution >= 0.6 is 0 Å². The van der Waals surface area contributed by atoms with Crippen LogP contribution in [0.1, 0.15) is 49.3 Å². The molecule has 0 saturated carbocycles. The molecule has 25 heavy (non-hydrogen) atoms. The minimum absolute atomic E-state index is 0.130. The lowest BCUT2D eigenvalue weighted by molar-refractivity contribution is -0.124. The normalized spacial score (nSPS) is 20.6. The fourth-order valence-corrected chi connectivity index (χ4v) is 5.43. The van der Waals surface area contributed by atoms with Gasteiger partial charge in [-0.25, -0.2) is 8.42 Å². The molecular weight excluding hydrogens is 338 g/mol. The van der Waals surface area contributed by atoms with E-state index in [0.29, 0.717) is 25.9 Å². The maximum Gasteiger partial charge on any atom is 0.238 e. The molecule has 138 valence electrons. The quantitative estimate of drug-likeness (QED) is 0.768. The van der Waals surface area contributed by atoms with Crippen molar-refractivity contribution in [2.24, 2.45) is 0 Å². The molecule has 7 heteroatoms. The van der Waals surface area contributed by atoms with Crippen LogP contribution in [0.15, 0.2) is 18.2 Å². The fourth-order valence-electron chi connectivity index (χ4n) is 3.54. The molecule has 1 saturated heterocycles. The zero-order valence-electron chi connectivity index (χ0n) is 14.8. The first-order valence-corrected chi connectivity index (χ1v) is 10.7. The lowest BCUT2D eigenvalue weighted by Crippen LogP contribution is -2.46. The van der Waals surface area contributed by atoms with Gasteiger partial charge in [0.25, 0.3) is 0 Å². The van der Waals surface area contributed by atoms with Gasteiger partial charge in [-0.05, 0) is 36.0 Å². The molecule has 2 N–H and O–H groups in total. The van der Waals surface area contributed by atoms with Crippen LogP contribution in [0, 0.1) is 0 Å².